The highest BCUT2D eigenvalue weighted by molar-refractivity contribution is 6.05. The van der Waals surface area contributed by atoms with Crippen LogP contribution in [0.4, 0.5) is 0 Å². The maximum atomic E-state index is 12.8. The molecule has 0 radical (unpaired) electrons. The summed E-state index contributed by atoms with van der Waals surface area (Å²) in [6, 6.07) is 4.77. The fourth-order valence-corrected chi connectivity index (χ4v) is 4.63. The van der Waals surface area contributed by atoms with Gasteiger partial charge in [0.1, 0.15) is 18.4 Å². The minimum atomic E-state index is -0.625. The van der Waals surface area contributed by atoms with Gasteiger partial charge < -0.3 is 14.5 Å². The fourth-order valence-electron chi connectivity index (χ4n) is 4.63. The Morgan fingerprint density at radius 1 is 1.19 bits per heavy atom. The SMILES string of the molecule is CC(C)C(=O)N1CCCCC1COc1ccc2c(c1)CN(C1CCC(=O)NC1=O)C2=O. The zero-order valence-electron chi connectivity index (χ0n) is 18.1. The quantitative estimate of drug-likeness (QED) is 0.724. The van der Waals surface area contributed by atoms with Crippen molar-refractivity contribution in [2.45, 2.75) is 64.6 Å². The minimum absolute atomic E-state index is 0.0372. The lowest BCUT2D eigenvalue weighted by Gasteiger charge is -2.36. The topological polar surface area (TPSA) is 96.0 Å². The maximum absolute atomic E-state index is 12.8. The van der Waals surface area contributed by atoms with Crippen molar-refractivity contribution in [1.29, 1.82) is 0 Å². The number of fused-ring (bicyclic) bond motifs is 1. The van der Waals surface area contributed by atoms with Crippen molar-refractivity contribution in [3.05, 3.63) is 29.3 Å². The summed E-state index contributed by atoms with van der Waals surface area (Å²) in [4.78, 5) is 52.4. The normalized spacial score (nSPS) is 23.8. The van der Waals surface area contributed by atoms with Crippen molar-refractivity contribution >= 4 is 23.6 Å². The number of ether oxygens (including phenoxy) is 1. The number of nitrogens with zero attached hydrogens (tertiary/aromatic N) is 2. The molecule has 2 atom stereocenters. The van der Waals surface area contributed by atoms with E-state index in [0.717, 1.165) is 31.4 Å². The van der Waals surface area contributed by atoms with Crippen LogP contribution in [0.1, 0.15) is 61.9 Å². The number of amides is 4. The first kappa shape index (κ1) is 21.3. The van der Waals surface area contributed by atoms with Gasteiger partial charge in [-0.1, -0.05) is 13.8 Å². The molecular formula is C23H29N3O5. The summed E-state index contributed by atoms with van der Waals surface area (Å²) >= 11 is 0. The molecule has 2 unspecified atom stereocenters. The van der Waals surface area contributed by atoms with Crippen LogP contribution in [-0.4, -0.2) is 58.7 Å². The molecule has 1 aromatic carbocycles. The lowest BCUT2D eigenvalue weighted by molar-refractivity contribution is -0.139. The number of benzene rings is 1. The van der Waals surface area contributed by atoms with Crippen molar-refractivity contribution in [1.82, 2.24) is 15.1 Å². The lowest BCUT2D eigenvalue weighted by Crippen LogP contribution is -2.52. The monoisotopic (exact) mass is 427 g/mol. The number of hydrogen-bond donors (Lipinski definition) is 1. The second-order valence-electron chi connectivity index (χ2n) is 8.87. The lowest BCUT2D eigenvalue weighted by atomic mass is 10.0. The fraction of sp³-hybridized carbons (Fsp3) is 0.565. The molecule has 0 saturated carbocycles. The third kappa shape index (κ3) is 4.29. The zero-order chi connectivity index (χ0) is 22.1. The van der Waals surface area contributed by atoms with Gasteiger partial charge in [-0.2, -0.15) is 0 Å². The van der Waals surface area contributed by atoms with Gasteiger partial charge in [-0.05, 0) is 49.4 Å². The van der Waals surface area contributed by atoms with Crippen LogP contribution in [0.3, 0.4) is 0 Å². The Hall–Kier alpha value is -2.90. The van der Waals surface area contributed by atoms with E-state index in [9.17, 15) is 19.2 Å². The molecule has 4 rings (SSSR count). The summed E-state index contributed by atoms with van der Waals surface area (Å²) in [6.45, 7) is 5.34. The van der Waals surface area contributed by atoms with Crippen molar-refractivity contribution in [2.24, 2.45) is 5.92 Å². The van der Waals surface area contributed by atoms with Gasteiger partial charge in [-0.15, -0.1) is 0 Å². The molecular weight excluding hydrogens is 398 g/mol. The Morgan fingerprint density at radius 3 is 2.74 bits per heavy atom. The van der Waals surface area contributed by atoms with Gasteiger partial charge in [0, 0.05) is 31.0 Å². The Labute approximate surface area is 181 Å². The predicted molar refractivity (Wildman–Crippen MR) is 112 cm³/mol. The third-order valence-corrected chi connectivity index (χ3v) is 6.34. The van der Waals surface area contributed by atoms with E-state index in [1.165, 1.54) is 4.90 Å². The first-order chi connectivity index (χ1) is 14.8. The van der Waals surface area contributed by atoms with Crippen molar-refractivity contribution in [3.8, 4) is 5.75 Å². The summed E-state index contributed by atoms with van der Waals surface area (Å²) in [7, 11) is 0. The molecule has 8 nitrogen and oxygen atoms in total. The van der Waals surface area contributed by atoms with E-state index in [1.54, 1.807) is 12.1 Å². The number of imide groups is 1. The maximum Gasteiger partial charge on any atom is 0.255 e. The predicted octanol–water partition coefficient (Wildman–Crippen LogP) is 1.86. The van der Waals surface area contributed by atoms with Crippen molar-refractivity contribution in [3.63, 3.8) is 0 Å². The Kier molecular flexibility index (Phi) is 5.98. The molecule has 2 fully saturated rings. The van der Waals surface area contributed by atoms with Crippen LogP contribution in [0, 0.1) is 5.92 Å². The molecule has 8 heteroatoms. The molecule has 0 aliphatic carbocycles. The van der Waals surface area contributed by atoms with Crippen molar-refractivity contribution in [2.75, 3.05) is 13.2 Å². The molecule has 166 valence electrons. The number of carbonyl (C=O) groups excluding carboxylic acids is 4. The molecule has 0 spiro atoms. The summed E-state index contributed by atoms with van der Waals surface area (Å²) in [5, 5.41) is 2.31. The van der Waals surface area contributed by atoms with Crippen molar-refractivity contribution < 1.29 is 23.9 Å². The summed E-state index contributed by atoms with van der Waals surface area (Å²) < 4.78 is 6.03. The molecule has 3 heterocycles. The largest absolute Gasteiger partial charge is 0.491 e. The van der Waals surface area contributed by atoms with Crippen LogP contribution >= 0.6 is 0 Å². The number of hydrogen-bond acceptors (Lipinski definition) is 5. The van der Waals surface area contributed by atoms with Gasteiger partial charge >= 0.3 is 0 Å². The molecule has 2 saturated heterocycles. The summed E-state index contributed by atoms with van der Waals surface area (Å²) in [5.74, 6) is -0.135. The smallest absolute Gasteiger partial charge is 0.255 e. The van der Waals surface area contributed by atoms with E-state index in [0.29, 0.717) is 30.9 Å². The molecule has 3 aliphatic heterocycles. The number of carbonyl (C=O) groups is 4. The van der Waals surface area contributed by atoms with Gasteiger partial charge in [-0.25, -0.2) is 0 Å². The summed E-state index contributed by atoms with van der Waals surface area (Å²) in [5.41, 5.74) is 1.37. The van der Waals surface area contributed by atoms with E-state index in [1.807, 2.05) is 24.8 Å². The highest BCUT2D eigenvalue weighted by Crippen LogP contribution is 2.30. The Morgan fingerprint density at radius 2 is 2.00 bits per heavy atom. The molecule has 0 aromatic heterocycles. The van der Waals surface area contributed by atoms with Gasteiger partial charge in [0.15, 0.2) is 0 Å². The number of likely N-dealkylation sites (tertiary alicyclic amines) is 1. The summed E-state index contributed by atoms with van der Waals surface area (Å²) in [6.07, 6.45) is 3.60. The Balaban J connectivity index is 1.42. The van der Waals surface area contributed by atoms with Crippen LogP contribution < -0.4 is 10.1 Å². The molecule has 31 heavy (non-hydrogen) atoms. The van der Waals surface area contributed by atoms with Crippen LogP contribution in [0.25, 0.3) is 0 Å². The van der Waals surface area contributed by atoms with Crippen LogP contribution in [-0.2, 0) is 20.9 Å². The van der Waals surface area contributed by atoms with Gasteiger partial charge in [0.2, 0.25) is 17.7 Å². The number of piperidine rings is 2. The van der Waals surface area contributed by atoms with E-state index >= 15 is 0 Å². The third-order valence-electron chi connectivity index (χ3n) is 6.34. The highest BCUT2D eigenvalue weighted by Gasteiger charge is 2.39. The second kappa shape index (κ2) is 8.69. The molecule has 3 aliphatic rings. The average molecular weight is 428 g/mol. The Bertz CT molecular complexity index is 912. The molecule has 1 N–H and O–H groups in total. The van der Waals surface area contributed by atoms with Gasteiger partial charge in [-0.3, -0.25) is 24.5 Å². The first-order valence-corrected chi connectivity index (χ1v) is 11.1. The van der Waals surface area contributed by atoms with Gasteiger partial charge in [0.25, 0.3) is 5.91 Å². The number of rotatable bonds is 5. The van der Waals surface area contributed by atoms with Crippen LogP contribution in [0.2, 0.25) is 0 Å². The second-order valence-corrected chi connectivity index (χ2v) is 8.87. The van der Waals surface area contributed by atoms with Crippen LogP contribution in [0.15, 0.2) is 18.2 Å². The molecule has 0 bridgehead atoms. The standard InChI is InChI=1S/C23H29N3O5/c1-14(2)22(29)25-10-4-3-5-16(25)13-31-17-6-7-18-15(11-17)12-26(23(18)30)19-8-9-20(27)24-21(19)28/h6-7,11,14,16,19H,3-5,8-10,12-13H2,1-2H3,(H,24,27,28). The highest BCUT2D eigenvalue weighted by atomic mass is 16.5. The zero-order valence-corrected chi connectivity index (χ0v) is 18.1. The molecule has 4 amide bonds. The van der Waals surface area contributed by atoms with E-state index in [2.05, 4.69) is 5.32 Å². The van der Waals surface area contributed by atoms with E-state index in [-0.39, 0.29) is 36.1 Å². The van der Waals surface area contributed by atoms with E-state index in [4.69, 9.17) is 4.74 Å². The minimum Gasteiger partial charge on any atom is -0.491 e. The number of nitrogens with one attached hydrogen (secondary N) is 1. The first-order valence-electron chi connectivity index (χ1n) is 11.1. The van der Waals surface area contributed by atoms with E-state index < -0.39 is 11.9 Å². The molecule has 1 aromatic rings. The average Bonchev–Trinajstić information content (AvgIpc) is 3.07. The van der Waals surface area contributed by atoms with Crippen LogP contribution in [0.5, 0.6) is 5.75 Å². The van der Waals surface area contributed by atoms with Gasteiger partial charge in [0.05, 0.1) is 6.04 Å².